The Bertz CT molecular complexity index is 1410. The third-order valence-corrected chi connectivity index (χ3v) is 6.35. The molecule has 1 N–H and O–H groups in total. The average Bonchev–Trinajstić information content (AvgIpc) is 3.35. The van der Waals surface area contributed by atoms with Crippen LogP contribution in [0.3, 0.4) is 0 Å². The third kappa shape index (κ3) is 6.49. The maximum Gasteiger partial charge on any atom is 0.493 e. The van der Waals surface area contributed by atoms with E-state index in [-0.39, 0.29) is 11.6 Å². The van der Waals surface area contributed by atoms with E-state index in [0.29, 0.717) is 18.3 Å². The molecule has 0 aliphatic carbocycles. The monoisotopic (exact) mass is 544 g/mol. The van der Waals surface area contributed by atoms with Crippen LogP contribution in [-0.2, 0) is 25.6 Å². The zero-order valence-electron chi connectivity index (χ0n) is 19.5. The fourth-order valence-corrected chi connectivity index (χ4v) is 4.58. The number of rotatable bonds is 5. The fourth-order valence-electron chi connectivity index (χ4n) is 3.43. The van der Waals surface area contributed by atoms with E-state index in [1.165, 1.54) is 29.6 Å². The summed E-state index contributed by atoms with van der Waals surface area (Å²) < 4.78 is 36.5. The number of carbonyl (C=O) groups excluding carboxylic acids is 3. The van der Waals surface area contributed by atoms with Gasteiger partial charge in [-0.3, -0.25) is 19.7 Å². The molecule has 13 heteroatoms. The number of aromatic nitrogens is 2. The van der Waals surface area contributed by atoms with E-state index in [0.717, 1.165) is 40.2 Å². The Morgan fingerprint density at radius 3 is 2.37 bits per heavy atom. The van der Waals surface area contributed by atoms with Crippen molar-refractivity contribution < 1.29 is 37.6 Å². The van der Waals surface area contributed by atoms with Gasteiger partial charge in [-0.25, -0.2) is 14.8 Å². The molecule has 0 atom stereocenters. The zero-order valence-corrected chi connectivity index (χ0v) is 20.3. The van der Waals surface area contributed by atoms with Crippen LogP contribution >= 0.6 is 11.3 Å². The maximum absolute atomic E-state index is 13.0. The summed E-state index contributed by atoms with van der Waals surface area (Å²) in [5.74, 6) is -4.46. The van der Waals surface area contributed by atoms with Crippen LogP contribution in [0.5, 0.6) is 0 Å². The van der Waals surface area contributed by atoms with Gasteiger partial charge in [0.1, 0.15) is 10.0 Å². The quantitative estimate of drug-likeness (QED) is 0.287. The summed E-state index contributed by atoms with van der Waals surface area (Å²) in [5.41, 5.74) is 2.41. The van der Waals surface area contributed by atoms with Crippen molar-refractivity contribution in [2.45, 2.75) is 19.0 Å². The summed E-state index contributed by atoms with van der Waals surface area (Å²) in [4.78, 5) is 49.5. The third-order valence-electron chi connectivity index (χ3n) is 5.18. The molecule has 0 fully saturated rings. The predicted octanol–water partition coefficient (Wildman–Crippen LogP) is 4.45. The highest BCUT2D eigenvalue weighted by atomic mass is 32.1. The summed E-state index contributed by atoms with van der Waals surface area (Å²) in [7, 11) is 0. The smallest absolute Gasteiger partial charge is 0.302 e. The van der Waals surface area contributed by atoms with Crippen molar-refractivity contribution in [3.8, 4) is 10.6 Å². The first-order valence-corrected chi connectivity index (χ1v) is 12.0. The summed E-state index contributed by atoms with van der Waals surface area (Å²) in [5, 5.41) is 10.0. The number of hydroxylamine groups is 2. The number of alkyl halides is 3. The molecule has 196 valence electrons. The van der Waals surface area contributed by atoms with Crippen LogP contribution < -0.4 is 4.90 Å². The Hall–Kier alpha value is -4.36. The van der Waals surface area contributed by atoms with Crippen LogP contribution in [-0.4, -0.2) is 50.9 Å². The standard InChI is InChI=1S/C25H19F3N4O5S/c26-25(27,28)24(35)37-32(36)21(34)14-12-18-9-4-8-17(29-18)11-13-20(33)31-15-5-10-19-23(31)38-22(30-19)16-6-2-1-3-7-16/h1-4,6-9,11-14,36H,5,10,15H2/b13-11+,14-12+. The molecule has 2 amide bonds. The van der Waals surface area contributed by atoms with Crippen molar-refractivity contribution in [3.63, 3.8) is 0 Å². The topological polar surface area (TPSA) is 113 Å². The van der Waals surface area contributed by atoms with Gasteiger partial charge in [0.2, 0.25) is 0 Å². The molecule has 1 aromatic carbocycles. The first kappa shape index (κ1) is 26.7. The fraction of sp³-hybridized carbons (Fsp3) is 0.160. The molecule has 0 radical (unpaired) electrons. The number of anilines is 1. The first-order chi connectivity index (χ1) is 18.1. The number of nitrogens with zero attached hydrogens (tertiary/aromatic N) is 4. The number of pyridine rings is 1. The number of halogens is 3. The van der Waals surface area contributed by atoms with Crippen molar-refractivity contribution in [2.24, 2.45) is 0 Å². The van der Waals surface area contributed by atoms with Crippen LogP contribution in [0.2, 0.25) is 0 Å². The normalized spacial score (nSPS) is 13.5. The lowest BCUT2D eigenvalue weighted by Gasteiger charge is -2.24. The van der Waals surface area contributed by atoms with Gasteiger partial charge < -0.3 is 4.84 Å². The summed E-state index contributed by atoms with van der Waals surface area (Å²) in [6.07, 6.45) is 0.769. The highest BCUT2D eigenvalue weighted by Gasteiger charge is 2.43. The molecule has 1 aliphatic rings. The van der Waals surface area contributed by atoms with Crippen molar-refractivity contribution in [3.05, 3.63) is 77.8 Å². The van der Waals surface area contributed by atoms with Gasteiger partial charge in [-0.1, -0.05) is 47.7 Å². The highest BCUT2D eigenvalue weighted by molar-refractivity contribution is 7.19. The van der Waals surface area contributed by atoms with E-state index >= 15 is 0 Å². The van der Waals surface area contributed by atoms with Crippen LogP contribution in [0.1, 0.15) is 23.5 Å². The molecular weight excluding hydrogens is 525 g/mol. The minimum atomic E-state index is -5.38. The largest absolute Gasteiger partial charge is 0.493 e. The molecule has 0 bridgehead atoms. The number of fused-ring (bicyclic) bond motifs is 1. The molecule has 1 aliphatic heterocycles. The van der Waals surface area contributed by atoms with Crippen molar-refractivity contribution >= 4 is 46.3 Å². The molecule has 9 nitrogen and oxygen atoms in total. The summed E-state index contributed by atoms with van der Waals surface area (Å²) in [6, 6.07) is 14.4. The first-order valence-electron chi connectivity index (χ1n) is 11.1. The number of hydrogen-bond acceptors (Lipinski definition) is 8. The van der Waals surface area contributed by atoms with Gasteiger partial charge in [-0.2, -0.15) is 13.2 Å². The van der Waals surface area contributed by atoms with E-state index < -0.39 is 23.3 Å². The van der Waals surface area contributed by atoms with Crippen LogP contribution in [0, 0.1) is 0 Å². The predicted molar refractivity (Wildman–Crippen MR) is 131 cm³/mol. The van der Waals surface area contributed by atoms with Gasteiger partial charge in [-0.05, 0) is 42.4 Å². The molecule has 3 aromatic rings. The molecule has 0 saturated heterocycles. The Labute approximate surface area is 218 Å². The summed E-state index contributed by atoms with van der Waals surface area (Å²) >= 11 is 1.45. The molecule has 0 saturated carbocycles. The van der Waals surface area contributed by atoms with Gasteiger partial charge in [0.05, 0.1) is 17.1 Å². The van der Waals surface area contributed by atoms with Crippen LogP contribution in [0.4, 0.5) is 18.2 Å². The molecule has 0 unspecified atom stereocenters. The van der Waals surface area contributed by atoms with Crippen LogP contribution in [0.15, 0.2) is 60.7 Å². The van der Waals surface area contributed by atoms with Gasteiger partial charge >= 0.3 is 18.1 Å². The molecule has 3 heterocycles. The van der Waals surface area contributed by atoms with Crippen molar-refractivity contribution in [1.82, 2.24) is 15.2 Å². The summed E-state index contributed by atoms with van der Waals surface area (Å²) in [6.45, 7) is 0.543. The lowest BCUT2D eigenvalue weighted by molar-refractivity contribution is -0.312. The second-order valence-electron chi connectivity index (χ2n) is 7.87. The maximum atomic E-state index is 13.0. The van der Waals surface area contributed by atoms with Gasteiger partial charge in [0, 0.05) is 24.3 Å². The van der Waals surface area contributed by atoms with Crippen molar-refractivity contribution in [2.75, 3.05) is 11.4 Å². The molecule has 0 spiro atoms. The highest BCUT2D eigenvalue weighted by Crippen LogP contribution is 2.38. The van der Waals surface area contributed by atoms with E-state index in [1.807, 2.05) is 30.3 Å². The number of benzene rings is 1. The number of carbonyl (C=O) groups is 3. The second-order valence-corrected chi connectivity index (χ2v) is 8.85. The Morgan fingerprint density at radius 2 is 1.68 bits per heavy atom. The van der Waals surface area contributed by atoms with Gasteiger partial charge in [0.25, 0.3) is 5.91 Å². The lowest BCUT2D eigenvalue weighted by atomic mass is 10.1. The Morgan fingerprint density at radius 1 is 1.00 bits per heavy atom. The SMILES string of the molecule is O=C(/C=C/c1cccc(/C=C/C(=O)N2CCCc3nc(-c4ccccc4)sc32)n1)N(O)OC(=O)C(F)(F)F. The Balaban J connectivity index is 1.42. The lowest BCUT2D eigenvalue weighted by Crippen LogP contribution is -2.35. The Kier molecular flexibility index (Phi) is 7.98. The van der Waals surface area contributed by atoms with Gasteiger partial charge in [0.15, 0.2) is 0 Å². The average molecular weight is 545 g/mol. The molecule has 2 aromatic heterocycles. The van der Waals surface area contributed by atoms with Crippen molar-refractivity contribution in [1.29, 1.82) is 0 Å². The van der Waals surface area contributed by atoms with E-state index in [9.17, 15) is 32.8 Å². The second kappa shape index (κ2) is 11.4. The minimum absolute atomic E-state index is 0.193. The van der Waals surface area contributed by atoms with E-state index in [4.69, 9.17) is 4.98 Å². The molecular formula is C25H19F3N4O5S. The zero-order chi connectivity index (χ0) is 27.3. The van der Waals surface area contributed by atoms with Crippen LogP contribution in [0.25, 0.3) is 22.7 Å². The number of aryl methyl sites for hydroxylation is 1. The number of thiazole rings is 1. The van der Waals surface area contributed by atoms with Gasteiger partial charge in [-0.15, -0.1) is 0 Å². The minimum Gasteiger partial charge on any atom is -0.302 e. The number of amides is 2. The van der Waals surface area contributed by atoms with E-state index in [2.05, 4.69) is 9.82 Å². The number of hydrogen-bond donors (Lipinski definition) is 1. The molecule has 38 heavy (non-hydrogen) atoms. The van der Waals surface area contributed by atoms with E-state index in [1.54, 1.807) is 17.0 Å². The molecule has 4 rings (SSSR count).